The van der Waals surface area contributed by atoms with E-state index in [0.717, 1.165) is 17.0 Å². The lowest BCUT2D eigenvalue weighted by Crippen LogP contribution is -2.15. The number of nitro benzene ring substituents is 1. The first-order valence-electron chi connectivity index (χ1n) is 7.18. The van der Waals surface area contributed by atoms with Crippen molar-refractivity contribution in [1.82, 2.24) is 4.98 Å². The highest BCUT2D eigenvalue weighted by atomic mass is 32.1. The van der Waals surface area contributed by atoms with Crippen LogP contribution in [0, 0.1) is 10.1 Å². The summed E-state index contributed by atoms with van der Waals surface area (Å²) in [5.74, 6) is -0.355. The molecule has 0 fully saturated rings. The van der Waals surface area contributed by atoms with Crippen molar-refractivity contribution in [3.05, 3.63) is 50.5 Å². The fourth-order valence-electron chi connectivity index (χ4n) is 2.01. The zero-order valence-electron chi connectivity index (χ0n) is 13.3. The van der Waals surface area contributed by atoms with Crippen LogP contribution < -0.4 is 5.32 Å². The average molecular weight is 373 g/mol. The minimum absolute atomic E-state index is 0.101. The summed E-state index contributed by atoms with van der Waals surface area (Å²) >= 11 is 1.27. The second-order valence-corrected chi connectivity index (χ2v) is 6.61. The maximum atomic E-state index is 12.7. The molecule has 134 valence electrons. The summed E-state index contributed by atoms with van der Waals surface area (Å²) in [6, 6.07) is 2.10. The summed E-state index contributed by atoms with van der Waals surface area (Å²) in [5.41, 5.74) is -1.98. The molecule has 0 bridgehead atoms. The average Bonchev–Trinajstić information content (AvgIpc) is 2.94. The van der Waals surface area contributed by atoms with E-state index in [-0.39, 0.29) is 11.5 Å². The molecule has 6 nitrogen and oxygen atoms in total. The van der Waals surface area contributed by atoms with Crippen LogP contribution >= 0.6 is 11.3 Å². The molecule has 0 atom stereocenters. The number of amides is 1. The lowest BCUT2D eigenvalue weighted by atomic mass is 10.1. The van der Waals surface area contributed by atoms with Crippen LogP contribution in [0.15, 0.2) is 24.4 Å². The second-order valence-electron chi connectivity index (χ2n) is 5.55. The molecule has 0 unspecified atom stereocenters. The van der Waals surface area contributed by atoms with Crippen molar-refractivity contribution < 1.29 is 22.9 Å². The van der Waals surface area contributed by atoms with E-state index in [9.17, 15) is 28.1 Å². The third-order valence-corrected chi connectivity index (χ3v) is 4.51. The zero-order chi connectivity index (χ0) is 18.8. The van der Waals surface area contributed by atoms with Gasteiger partial charge in [0.2, 0.25) is 5.91 Å². The lowest BCUT2D eigenvalue weighted by Gasteiger charge is -2.08. The van der Waals surface area contributed by atoms with Gasteiger partial charge in [0, 0.05) is 22.7 Å². The van der Waals surface area contributed by atoms with Gasteiger partial charge in [-0.25, -0.2) is 4.98 Å². The van der Waals surface area contributed by atoms with E-state index in [4.69, 9.17) is 0 Å². The fourth-order valence-corrected chi connectivity index (χ4v) is 2.84. The highest BCUT2D eigenvalue weighted by Gasteiger charge is 2.33. The van der Waals surface area contributed by atoms with Gasteiger partial charge < -0.3 is 5.32 Å². The minimum Gasteiger partial charge on any atom is -0.302 e. The van der Waals surface area contributed by atoms with Crippen molar-refractivity contribution in [3.63, 3.8) is 0 Å². The first kappa shape index (κ1) is 18.8. The zero-order valence-corrected chi connectivity index (χ0v) is 14.1. The van der Waals surface area contributed by atoms with Crippen LogP contribution in [0.2, 0.25) is 0 Å². The Balaban J connectivity index is 2.18. The third kappa shape index (κ3) is 4.75. The molecular weight excluding hydrogens is 359 g/mol. The Hall–Kier alpha value is -2.49. The molecule has 1 heterocycles. The van der Waals surface area contributed by atoms with E-state index in [1.165, 1.54) is 11.3 Å². The van der Waals surface area contributed by atoms with Gasteiger partial charge in [-0.2, -0.15) is 13.2 Å². The predicted octanol–water partition coefficient (Wildman–Crippen LogP) is 4.37. The lowest BCUT2D eigenvalue weighted by molar-refractivity contribution is -0.385. The number of carbonyl (C=O) groups excluding carboxylic acids is 1. The van der Waals surface area contributed by atoms with Crippen LogP contribution in [0.3, 0.4) is 0 Å². The van der Waals surface area contributed by atoms with Crippen LogP contribution in [-0.2, 0) is 17.4 Å². The number of hydrogen-bond acceptors (Lipinski definition) is 5. The number of nitrogens with one attached hydrogen (secondary N) is 1. The van der Waals surface area contributed by atoms with Crippen molar-refractivity contribution in [2.75, 3.05) is 5.32 Å². The number of rotatable bonds is 5. The Morgan fingerprint density at radius 3 is 2.60 bits per heavy atom. The third-order valence-electron chi connectivity index (χ3n) is 3.30. The van der Waals surface area contributed by atoms with Crippen LogP contribution in [0.25, 0.3) is 0 Å². The van der Waals surface area contributed by atoms with Gasteiger partial charge in [-0.1, -0.05) is 19.9 Å². The number of anilines is 1. The van der Waals surface area contributed by atoms with Gasteiger partial charge in [-0.05, 0) is 12.0 Å². The number of thiazole rings is 1. The van der Waals surface area contributed by atoms with Crippen LogP contribution in [0.1, 0.15) is 35.8 Å². The molecule has 0 aliphatic rings. The number of hydrogen-bond donors (Lipinski definition) is 1. The number of carbonyl (C=O) groups is 1. The molecule has 1 aromatic heterocycles. The van der Waals surface area contributed by atoms with Crippen LogP contribution in [-0.4, -0.2) is 15.8 Å². The molecule has 0 aliphatic heterocycles. The first-order chi connectivity index (χ1) is 11.6. The predicted molar refractivity (Wildman–Crippen MR) is 86.6 cm³/mol. The van der Waals surface area contributed by atoms with Gasteiger partial charge in [0.25, 0.3) is 5.69 Å². The monoisotopic (exact) mass is 373 g/mol. The Bertz CT molecular complexity index is 803. The standard InChI is InChI=1S/C15H14F3N3O3S/c1-8(2)12-7-19-14(25-12)20-13(22)5-9-3-4-10(15(16,17)18)6-11(9)21(23)24/h3-4,6-8H,5H2,1-2H3,(H,19,20,22). The van der Waals surface area contributed by atoms with Crippen LogP contribution in [0.4, 0.5) is 24.0 Å². The van der Waals surface area contributed by atoms with E-state index < -0.39 is 34.7 Å². The summed E-state index contributed by atoms with van der Waals surface area (Å²) < 4.78 is 38.0. The van der Waals surface area contributed by atoms with Gasteiger partial charge in [0.05, 0.1) is 16.9 Å². The molecule has 0 saturated heterocycles. The number of alkyl halides is 3. The van der Waals surface area contributed by atoms with Gasteiger partial charge in [-0.15, -0.1) is 11.3 Å². The molecule has 0 aliphatic carbocycles. The largest absolute Gasteiger partial charge is 0.416 e. The van der Waals surface area contributed by atoms with E-state index in [1.54, 1.807) is 6.20 Å². The Labute approximate surface area is 144 Å². The molecule has 10 heteroatoms. The highest BCUT2D eigenvalue weighted by molar-refractivity contribution is 7.15. The number of nitro groups is 1. The molecule has 1 aromatic carbocycles. The smallest absolute Gasteiger partial charge is 0.302 e. The topological polar surface area (TPSA) is 85.1 Å². The van der Waals surface area contributed by atoms with Crippen LogP contribution in [0.5, 0.6) is 0 Å². The summed E-state index contributed by atoms with van der Waals surface area (Å²) in [6.45, 7) is 3.93. The molecule has 1 amide bonds. The maximum absolute atomic E-state index is 12.7. The fraction of sp³-hybridized carbons (Fsp3) is 0.333. The highest BCUT2D eigenvalue weighted by Crippen LogP contribution is 2.33. The van der Waals surface area contributed by atoms with E-state index in [1.807, 2.05) is 13.8 Å². The van der Waals surface area contributed by atoms with Gasteiger partial charge >= 0.3 is 6.18 Å². The molecule has 25 heavy (non-hydrogen) atoms. The van der Waals surface area contributed by atoms with Crippen molar-refractivity contribution in [2.24, 2.45) is 0 Å². The Morgan fingerprint density at radius 1 is 1.40 bits per heavy atom. The summed E-state index contributed by atoms with van der Waals surface area (Å²) in [5, 5.41) is 13.9. The van der Waals surface area contributed by atoms with Gasteiger partial charge in [0.15, 0.2) is 5.13 Å². The maximum Gasteiger partial charge on any atom is 0.416 e. The summed E-state index contributed by atoms with van der Waals surface area (Å²) in [4.78, 5) is 27.1. The molecule has 2 aromatic rings. The van der Waals surface area contributed by atoms with Crippen molar-refractivity contribution >= 4 is 28.1 Å². The van der Waals surface area contributed by atoms with Gasteiger partial charge in [0.1, 0.15) is 0 Å². The van der Waals surface area contributed by atoms with E-state index in [0.29, 0.717) is 11.2 Å². The molecule has 0 radical (unpaired) electrons. The number of nitrogens with zero attached hydrogens (tertiary/aromatic N) is 2. The quantitative estimate of drug-likeness (QED) is 0.623. The number of aromatic nitrogens is 1. The Kier molecular flexibility index (Phi) is 5.41. The number of benzene rings is 1. The first-order valence-corrected chi connectivity index (χ1v) is 7.99. The molecule has 2 rings (SSSR count). The van der Waals surface area contributed by atoms with Crippen molar-refractivity contribution in [3.8, 4) is 0 Å². The van der Waals surface area contributed by atoms with Crippen molar-refractivity contribution in [2.45, 2.75) is 32.4 Å². The number of halogens is 3. The second kappa shape index (κ2) is 7.18. The minimum atomic E-state index is -4.69. The summed E-state index contributed by atoms with van der Waals surface area (Å²) in [7, 11) is 0. The van der Waals surface area contributed by atoms with E-state index in [2.05, 4.69) is 10.3 Å². The van der Waals surface area contributed by atoms with Crippen molar-refractivity contribution in [1.29, 1.82) is 0 Å². The molecular formula is C15H14F3N3O3S. The Morgan fingerprint density at radius 2 is 2.08 bits per heavy atom. The van der Waals surface area contributed by atoms with Gasteiger partial charge in [-0.3, -0.25) is 14.9 Å². The molecule has 0 spiro atoms. The molecule has 0 saturated carbocycles. The summed E-state index contributed by atoms with van der Waals surface area (Å²) in [6.07, 6.45) is -3.50. The molecule has 1 N–H and O–H groups in total. The van der Waals surface area contributed by atoms with E-state index >= 15 is 0 Å². The normalized spacial score (nSPS) is 11.6. The SMILES string of the molecule is CC(C)c1cnc(NC(=O)Cc2ccc(C(F)(F)F)cc2[N+](=O)[O-])s1.